The van der Waals surface area contributed by atoms with Crippen molar-refractivity contribution in [2.24, 2.45) is 0 Å². The van der Waals surface area contributed by atoms with Gasteiger partial charge in [0.2, 0.25) is 0 Å². The quantitative estimate of drug-likeness (QED) is 0.543. The van der Waals surface area contributed by atoms with E-state index in [0.29, 0.717) is 18.7 Å². The third-order valence-electron chi connectivity index (χ3n) is 5.06. The highest BCUT2D eigenvalue weighted by molar-refractivity contribution is 5.94. The highest BCUT2D eigenvalue weighted by Crippen LogP contribution is 2.32. The summed E-state index contributed by atoms with van der Waals surface area (Å²) in [5.41, 5.74) is 1.57. The highest BCUT2D eigenvalue weighted by Gasteiger charge is 2.33. The molecule has 1 heterocycles. The van der Waals surface area contributed by atoms with Gasteiger partial charge in [0.25, 0.3) is 5.91 Å². The Labute approximate surface area is 183 Å². The summed E-state index contributed by atoms with van der Waals surface area (Å²) in [5, 5.41) is 8.74. The van der Waals surface area contributed by atoms with Crippen LogP contribution in [0, 0.1) is 0 Å². The van der Waals surface area contributed by atoms with Crippen LogP contribution >= 0.6 is 0 Å². The Balaban J connectivity index is 1.94. The number of hydroxylamine groups is 1. The lowest BCUT2D eigenvalue weighted by molar-refractivity contribution is -0.137. The van der Waals surface area contributed by atoms with Crippen LogP contribution in [0.4, 0.5) is 23.7 Å². The predicted octanol–water partition coefficient (Wildman–Crippen LogP) is 4.06. The number of morpholine rings is 1. The molecule has 0 saturated carbocycles. The van der Waals surface area contributed by atoms with Crippen molar-refractivity contribution in [3.8, 4) is 0 Å². The number of benzene rings is 2. The van der Waals surface area contributed by atoms with Crippen LogP contribution in [-0.4, -0.2) is 47.3 Å². The van der Waals surface area contributed by atoms with E-state index >= 15 is 0 Å². The fraction of sp³-hybridized carbons (Fsp3) is 0.364. The largest absolute Gasteiger partial charge is 0.416 e. The summed E-state index contributed by atoms with van der Waals surface area (Å²) in [4.78, 5) is 27.8. The minimum absolute atomic E-state index is 0.0126. The Morgan fingerprint density at radius 1 is 1.12 bits per heavy atom. The van der Waals surface area contributed by atoms with E-state index in [1.807, 2.05) is 13.8 Å². The molecule has 1 saturated heterocycles. The lowest BCUT2D eigenvalue weighted by Gasteiger charge is -2.38. The molecule has 1 aliphatic heterocycles. The number of carbonyl (C=O) groups excluding carboxylic acids is 2. The van der Waals surface area contributed by atoms with E-state index < -0.39 is 23.7 Å². The molecule has 2 unspecified atom stereocenters. The SMILES string of the molecule is CC1CN(C(=O)N(Cc2ccc(C(=O)NO)cc2)c2cccc(C(F)(F)F)c2)CC(C)O1. The van der Waals surface area contributed by atoms with Crippen molar-refractivity contribution in [3.05, 3.63) is 65.2 Å². The van der Waals surface area contributed by atoms with Gasteiger partial charge in [0, 0.05) is 24.3 Å². The van der Waals surface area contributed by atoms with E-state index in [1.54, 1.807) is 17.0 Å². The zero-order valence-corrected chi connectivity index (χ0v) is 17.6. The summed E-state index contributed by atoms with van der Waals surface area (Å²) in [5.74, 6) is -0.696. The molecule has 3 rings (SSSR count). The molecular formula is C22H24F3N3O4. The number of ether oxygens (including phenoxy) is 1. The van der Waals surface area contributed by atoms with Gasteiger partial charge in [-0.2, -0.15) is 13.2 Å². The third kappa shape index (κ3) is 5.57. The molecule has 2 aromatic carbocycles. The number of hydrogen-bond donors (Lipinski definition) is 2. The molecule has 0 spiro atoms. The molecular weight excluding hydrogens is 427 g/mol. The summed E-state index contributed by atoms with van der Waals surface area (Å²) in [6.45, 7) is 4.27. The Morgan fingerprint density at radius 3 is 2.31 bits per heavy atom. The van der Waals surface area contributed by atoms with Crippen molar-refractivity contribution in [1.82, 2.24) is 10.4 Å². The molecule has 2 aromatic rings. The average Bonchev–Trinajstić information content (AvgIpc) is 2.75. The second-order valence-electron chi connectivity index (χ2n) is 7.72. The Bertz CT molecular complexity index is 956. The molecule has 32 heavy (non-hydrogen) atoms. The molecule has 0 bridgehead atoms. The third-order valence-corrected chi connectivity index (χ3v) is 5.06. The standard InChI is InChI=1S/C22H24F3N3O4/c1-14-11-27(12-15(2)32-14)21(30)28(19-5-3-4-18(10-19)22(23,24)25)13-16-6-8-17(9-7-16)20(29)26-31/h3-10,14-15,31H,11-13H2,1-2H3,(H,26,29). The minimum atomic E-state index is -4.55. The first-order chi connectivity index (χ1) is 15.1. The van der Waals surface area contributed by atoms with Gasteiger partial charge < -0.3 is 9.64 Å². The molecule has 0 aromatic heterocycles. The van der Waals surface area contributed by atoms with E-state index in [0.717, 1.165) is 12.1 Å². The molecule has 2 N–H and O–H groups in total. The zero-order chi connectivity index (χ0) is 23.5. The van der Waals surface area contributed by atoms with Gasteiger partial charge in [0.15, 0.2) is 0 Å². The normalized spacial score (nSPS) is 18.9. The van der Waals surface area contributed by atoms with Crippen molar-refractivity contribution >= 4 is 17.6 Å². The van der Waals surface area contributed by atoms with Crippen LogP contribution in [0.2, 0.25) is 0 Å². The molecule has 172 valence electrons. The van der Waals surface area contributed by atoms with E-state index in [1.165, 1.54) is 34.6 Å². The van der Waals surface area contributed by atoms with Crippen molar-refractivity contribution in [2.75, 3.05) is 18.0 Å². The number of urea groups is 1. The highest BCUT2D eigenvalue weighted by atomic mass is 19.4. The average molecular weight is 451 g/mol. The molecule has 2 atom stereocenters. The van der Waals surface area contributed by atoms with Gasteiger partial charge >= 0.3 is 12.2 Å². The second-order valence-corrected chi connectivity index (χ2v) is 7.72. The molecule has 3 amide bonds. The van der Waals surface area contributed by atoms with E-state index in [2.05, 4.69) is 0 Å². The Morgan fingerprint density at radius 2 is 1.75 bits per heavy atom. The number of alkyl halides is 3. The summed E-state index contributed by atoms with van der Waals surface area (Å²) < 4.78 is 45.5. The first-order valence-electron chi connectivity index (χ1n) is 10.0. The van der Waals surface area contributed by atoms with Crippen LogP contribution in [-0.2, 0) is 17.5 Å². The van der Waals surface area contributed by atoms with Crippen LogP contribution in [0.15, 0.2) is 48.5 Å². The number of carbonyl (C=O) groups is 2. The second kappa shape index (κ2) is 9.58. The van der Waals surface area contributed by atoms with Crippen LogP contribution in [0.25, 0.3) is 0 Å². The monoisotopic (exact) mass is 451 g/mol. The molecule has 7 nitrogen and oxygen atoms in total. The number of halogens is 3. The number of anilines is 1. The van der Waals surface area contributed by atoms with Gasteiger partial charge in [-0.1, -0.05) is 18.2 Å². The number of nitrogens with zero attached hydrogens (tertiary/aromatic N) is 2. The van der Waals surface area contributed by atoms with Crippen LogP contribution < -0.4 is 10.4 Å². The van der Waals surface area contributed by atoms with Crippen molar-refractivity contribution < 1.29 is 32.7 Å². The summed E-state index contributed by atoms with van der Waals surface area (Å²) >= 11 is 0. The molecule has 1 aliphatic rings. The van der Waals surface area contributed by atoms with E-state index in [4.69, 9.17) is 9.94 Å². The van der Waals surface area contributed by atoms with Gasteiger partial charge in [0.05, 0.1) is 24.3 Å². The smallest absolute Gasteiger partial charge is 0.372 e. The van der Waals surface area contributed by atoms with Gasteiger partial charge in [-0.15, -0.1) is 0 Å². The number of amides is 3. The maximum atomic E-state index is 13.4. The van der Waals surface area contributed by atoms with Crippen molar-refractivity contribution in [3.63, 3.8) is 0 Å². The molecule has 0 radical (unpaired) electrons. The summed E-state index contributed by atoms with van der Waals surface area (Å²) in [7, 11) is 0. The molecule has 0 aliphatic carbocycles. The van der Waals surface area contributed by atoms with Gasteiger partial charge in [-0.05, 0) is 49.7 Å². The number of rotatable bonds is 4. The van der Waals surface area contributed by atoms with Crippen LogP contribution in [0.1, 0.15) is 35.3 Å². The van der Waals surface area contributed by atoms with Gasteiger partial charge in [-0.25, -0.2) is 10.3 Å². The van der Waals surface area contributed by atoms with E-state index in [9.17, 15) is 22.8 Å². The predicted molar refractivity (Wildman–Crippen MR) is 110 cm³/mol. The van der Waals surface area contributed by atoms with Crippen LogP contribution in [0.5, 0.6) is 0 Å². The van der Waals surface area contributed by atoms with Gasteiger partial charge in [0.1, 0.15) is 0 Å². The maximum Gasteiger partial charge on any atom is 0.416 e. The lowest BCUT2D eigenvalue weighted by Crippen LogP contribution is -2.52. The zero-order valence-electron chi connectivity index (χ0n) is 17.6. The molecule has 1 fully saturated rings. The summed E-state index contributed by atoms with van der Waals surface area (Å²) in [6, 6.07) is 10.2. The fourth-order valence-electron chi connectivity index (χ4n) is 3.63. The first kappa shape index (κ1) is 23.6. The van der Waals surface area contributed by atoms with Crippen molar-refractivity contribution in [2.45, 2.75) is 38.8 Å². The summed E-state index contributed by atoms with van der Waals surface area (Å²) in [6.07, 6.45) is -4.96. The topological polar surface area (TPSA) is 82.1 Å². The number of nitrogens with one attached hydrogen (secondary N) is 1. The Hall–Kier alpha value is -3.11. The van der Waals surface area contributed by atoms with Gasteiger partial charge in [-0.3, -0.25) is 14.9 Å². The van der Waals surface area contributed by atoms with E-state index in [-0.39, 0.29) is 30.0 Å². The number of hydrogen-bond acceptors (Lipinski definition) is 4. The molecule has 10 heteroatoms. The van der Waals surface area contributed by atoms with Crippen LogP contribution in [0.3, 0.4) is 0 Å². The fourth-order valence-corrected chi connectivity index (χ4v) is 3.63. The van der Waals surface area contributed by atoms with Crippen molar-refractivity contribution in [1.29, 1.82) is 0 Å². The maximum absolute atomic E-state index is 13.4. The first-order valence-corrected chi connectivity index (χ1v) is 10.0. The lowest BCUT2D eigenvalue weighted by atomic mass is 10.1. The minimum Gasteiger partial charge on any atom is -0.372 e. The Kier molecular flexibility index (Phi) is 7.05.